The van der Waals surface area contributed by atoms with Crippen molar-refractivity contribution in [3.05, 3.63) is 34.9 Å². The molecule has 0 aromatic heterocycles. The van der Waals surface area contributed by atoms with Gasteiger partial charge in [0.15, 0.2) is 0 Å². The van der Waals surface area contributed by atoms with Gasteiger partial charge in [-0.05, 0) is 32.0 Å². The third-order valence-corrected chi connectivity index (χ3v) is 2.82. The Hall–Kier alpha value is -1.55. The van der Waals surface area contributed by atoms with Crippen LogP contribution in [0.4, 0.5) is 0 Å². The summed E-state index contributed by atoms with van der Waals surface area (Å²) in [6, 6.07) is 6.46. The third kappa shape index (κ3) is 4.44. The fourth-order valence-corrected chi connectivity index (χ4v) is 1.70. The molecule has 0 amide bonds. The molecular weight excluding hydrogens is 214 g/mol. The first-order valence-electron chi connectivity index (χ1n) is 5.74. The highest BCUT2D eigenvalue weighted by Crippen LogP contribution is 2.12. The molecule has 94 valence electrons. The number of hydrogen-bond acceptors (Lipinski definition) is 3. The quantitative estimate of drug-likeness (QED) is 0.354. The number of nitrogens with zero attached hydrogens (tertiary/aromatic N) is 2. The number of hydrogen-bond donors (Lipinski definition) is 2. The van der Waals surface area contributed by atoms with Gasteiger partial charge in [-0.2, -0.15) is 0 Å². The third-order valence-electron chi connectivity index (χ3n) is 2.82. The molecule has 4 heteroatoms. The lowest BCUT2D eigenvalue weighted by Crippen LogP contribution is -2.24. The average molecular weight is 235 g/mol. The van der Waals surface area contributed by atoms with Gasteiger partial charge in [0.2, 0.25) is 0 Å². The molecule has 0 saturated heterocycles. The molecule has 0 aliphatic rings. The smallest absolute Gasteiger partial charge is 0.140 e. The molecule has 1 aromatic rings. The van der Waals surface area contributed by atoms with Gasteiger partial charge in [-0.3, -0.25) is 0 Å². The molecule has 0 unspecified atom stereocenters. The Morgan fingerprint density at radius 3 is 2.76 bits per heavy atom. The fourth-order valence-electron chi connectivity index (χ4n) is 1.70. The van der Waals surface area contributed by atoms with Gasteiger partial charge in [0.25, 0.3) is 0 Å². The molecule has 0 fully saturated rings. The number of nitrogens with two attached hydrogens (primary N) is 1. The lowest BCUT2D eigenvalue weighted by molar-refractivity contribution is 0.309. The van der Waals surface area contributed by atoms with E-state index in [9.17, 15) is 0 Å². The summed E-state index contributed by atoms with van der Waals surface area (Å²) in [5.41, 5.74) is 9.34. The highest BCUT2D eigenvalue weighted by Gasteiger charge is 2.04. The van der Waals surface area contributed by atoms with E-state index in [0.29, 0.717) is 6.42 Å². The van der Waals surface area contributed by atoms with Gasteiger partial charge < -0.3 is 15.8 Å². The van der Waals surface area contributed by atoms with Crippen LogP contribution in [0.15, 0.2) is 23.4 Å². The molecule has 0 spiro atoms. The van der Waals surface area contributed by atoms with Crippen LogP contribution < -0.4 is 5.73 Å². The van der Waals surface area contributed by atoms with E-state index in [1.807, 2.05) is 7.05 Å². The molecule has 0 saturated carbocycles. The molecule has 0 radical (unpaired) electrons. The summed E-state index contributed by atoms with van der Waals surface area (Å²) in [6.07, 6.45) is 0.581. The van der Waals surface area contributed by atoms with Crippen LogP contribution in [-0.4, -0.2) is 29.5 Å². The van der Waals surface area contributed by atoms with E-state index in [1.165, 1.54) is 16.7 Å². The van der Waals surface area contributed by atoms with E-state index in [0.717, 1.165) is 13.1 Å². The summed E-state index contributed by atoms with van der Waals surface area (Å²) >= 11 is 0. The molecule has 0 bridgehead atoms. The average Bonchev–Trinajstić information content (AvgIpc) is 2.30. The monoisotopic (exact) mass is 235 g/mol. The number of aryl methyl sites for hydroxylation is 2. The van der Waals surface area contributed by atoms with Crippen molar-refractivity contribution in [2.45, 2.75) is 26.8 Å². The lowest BCUT2D eigenvalue weighted by Gasteiger charge is -2.18. The van der Waals surface area contributed by atoms with Gasteiger partial charge in [0, 0.05) is 19.5 Å². The van der Waals surface area contributed by atoms with E-state index >= 15 is 0 Å². The van der Waals surface area contributed by atoms with Crippen LogP contribution in [0.5, 0.6) is 0 Å². The van der Waals surface area contributed by atoms with Gasteiger partial charge in [-0.1, -0.05) is 28.9 Å². The largest absolute Gasteiger partial charge is 0.409 e. The first kappa shape index (κ1) is 13.5. The highest BCUT2D eigenvalue weighted by molar-refractivity contribution is 5.79. The Morgan fingerprint density at radius 1 is 1.41 bits per heavy atom. The molecular formula is C13H21N3O. The molecule has 17 heavy (non-hydrogen) atoms. The van der Waals surface area contributed by atoms with Gasteiger partial charge in [0.1, 0.15) is 5.84 Å². The van der Waals surface area contributed by atoms with E-state index in [2.05, 4.69) is 42.1 Å². The first-order chi connectivity index (χ1) is 8.02. The summed E-state index contributed by atoms with van der Waals surface area (Å²) in [4.78, 5) is 2.17. The molecule has 0 aliphatic carbocycles. The van der Waals surface area contributed by atoms with Crippen molar-refractivity contribution in [1.29, 1.82) is 0 Å². The summed E-state index contributed by atoms with van der Waals surface area (Å²) in [6.45, 7) is 5.88. The predicted octanol–water partition coefficient (Wildman–Crippen LogP) is 1.87. The molecule has 1 aromatic carbocycles. The maximum atomic E-state index is 8.46. The van der Waals surface area contributed by atoms with Gasteiger partial charge in [-0.25, -0.2) is 0 Å². The van der Waals surface area contributed by atoms with E-state index in [-0.39, 0.29) is 5.84 Å². The topological polar surface area (TPSA) is 61.8 Å². The molecule has 0 atom stereocenters. The Balaban J connectivity index is 2.55. The Morgan fingerprint density at radius 2 is 2.12 bits per heavy atom. The second-order valence-electron chi connectivity index (χ2n) is 4.51. The van der Waals surface area contributed by atoms with Crippen molar-refractivity contribution >= 4 is 5.84 Å². The van der Waals surface area contributed by atoms with Gasteiger partial charge in [-0.15, -0.1) is 0 Å². The predicted molar refractivity (Wildman–Crippen MR) is 70.3 cm³/mol. The molecule has 0 aliphatic heterocycles. The minimum atomic E-state index is 0.276. The second kappa shape index (κ2) is 6.25. The second-order valence-corrected chi connectivity index (χ2v) is 4.51. The maximum Gasteiger partial charge on any atom is 0.140 e. The van der Waals surface area contributed by atoms with E-state index < -0.39 is 0 Å². The normalized spacial score (nSPS) is 12.1. The van der Waals surface area contributed by atoms with Crippen LogP contribution in [0.3, 0.4) is 0 Å². The number of benzene rings is 1. The first-order valence-corrected chi connectivity index (χ1v) is 5.74. The SMILES string of the molecule is Cc1ccc(C)c(CN(C)CC/C(N)=N/O)c1. The molecule has 0 heterocycles. The van der Waals surface area contributed by atoms with Crippen molar-refractivity contribution in [2.24, 2.45) is 10.9 Å². The summed E-state index contributed by atoms with van der Waals surface area (Å²) < 4.78 is 0. The number of oxime groups is 1. The Kier molecular flexibility index (Phi) is 4.97. The van der Waals surface area contributed by atoms with Crippen LogP contribution >= 0.6 is 0 Å². The van der Waals surface area contributed by atoms with E-state index in [4.69, 9.17) is 10.9 Å². The zero-order chi connectivity index (χ0) is 12.8. The summed E-state index contributed by atoms with van der Waals surface area (Å²) in [5.74, 6) is 0.276. The zero-order valence-electron chi connectivity index (χ0n) is 10.8. The standard InChI is InChI=1S/C13H21N3O/c1-10-4-5-11(2)12(8-10)9-16(3)7-6-13(14)15-17/h4-5,8,17H,6-7,9H2,1-3H3,(H2,14,15). The van der Waals surface area contributed by atoms with Crippen molar-refractivity contribution in [3.63, 3.8) is 0 Å². The van der Waals surface area contributed by atoms with Crippen LogP contribution in [0.1, 0.15) is 23.1 Å². The van der Waals surface area contributed by atoms with Gasteiger partial charge in [0.05, 0.1) is 0 Å². The van der Waals surface area contributed by atoms with Gasteiger partial charge >= 0.3 is 0 Å². The minimum absolute atomic E-state index is 0.276. The van der Waals surface area contributed by atoms with Crippen LogP contribution in [0.25, 0.3) is 0 Å². The van der Waals surface area contributed by atoms with Crippen LogP contribution in [0, 0.1) is 13.8 Å². The fraction of sp³-hybridized carbons (Fsp3) is 0.462. The lowest BCUT2D eigenvalue weighted by atomic mass is 10.1. The van der Waals surface area contributed by atoms with Crippen molar-refractivity contribution in [3.8, 4) is 0 Å². The van der Waals surface area contributed by atoms with Crippen molar-refractivity contribution in [1.82, 2.24) is 4.90 Å². The Bertz CT molecular complexity index is 402. The Labute approximate surface area is 103 Å². The number of rotatable bonds is 5. The maximum absolute atomic E-state index is 8.46. The number of amidine groups is 1. The summed E-state index contributed by atoms with van der Waals surface area (Å²) in [7, 11) is 2.03. The van der Waals surface area contributed by atoms with Crippen LogP contribution in [0.2, 0.25) is 0 Å². The minimum Gasteiger partial charge on any atom is -0.409 e. The summed E-state index contributed by atoms with van der Waals surface area (Å²) in [5, 5.41) is 11.4. The molecule has 1 rings (SSSR count). The van der Waals surface area contributed by atoms with E-state index in [1.54, 1.807) is 0 Å². The molecule has 3 N–H and O–H groups in total. The zero-order valence-corrected chi connectivity index (χ0v) is 10.8. The van der Waals surface area contributed by atoms with Crippen molar-refractivity contribution in [2.75, 3.05) is 13.6 Å². The molecule has 4 nitrogen and oxygen atoms in total. The van der Waals surface area contributed by atoms with Crippen molar-refractivity contribution < 1.29 is 5.21 Å². The van der Waals surface area contributed by atoms with Crippen LogP contribution in [-0.2, 0) is 6.54 Å². The highest BCUT2D eigenvalue weighted by atomic mass is 16.4.